The maximum absolute atomic E-state index is 14.1. The standard InChI is InChI=1S/C14H18BrFN2.2ClH/c1-2-4-13(18-9-7-17-8-10-18)14-11(15)5-3-6-12(14)16;;/h2-3,5-6,13,17H,1,4,7-10H2;2*1H/t13-;;/m0../s1. The molecule has 0 amide bonds. The number of hydrogen-bond acceptors (Lipinski definition) is 2. The highest BCUT2D eigenvalue weighted by molar-refractivity contribution is 9.10. The van der Waals surface area contributed by atoms with Crippen molar-refractivity contribution in [1.29, 1.82) is 0 Å². The van der Waals surface area contributed by atoms with Crippen molar-refractivity contribution in [3.05, 3.63) is 46.7 Å². The van der Waals surface area contributed by atoms with Crippen LogP contribution < -0.4 is 5.32 Å². The Morgan fingerprint density at radius 1 is 1.35 bits per heavy atom. The fourth-order valence-electron chi connectivity index (χ4n) is 2.43. The molecule has 0 saturated carbocycles. The summed E-state index contributed by atoms with van der Waals surface area (Å²) in [6, 6.07) is 5.22. The highest BCUT2D eigenvalue weighted by atomic mass is 79.9. The molecule has 1 saturated heterocycles. The van der Waals surface area contributed by atoms with E-state index in [9.17, 15) is 4.39 Å². The third-order valence-corrected chi connectivity index (χ3v) is 4.01. The first-order valence-electron chi connectivity index (χ1n) is 6.23. The summed E-state index contributed by atoms with van der Waals surface area (Å²) in [6.07, 6.45) is 2.63. The zero-order chi connectivity index (χ0) is 13.0. The van der Waals surface area contributed by atoms with Crippen LogP contribution >= 0.6 is 40.7 Å². The molecule has 114 valence electrons. The van der Waals surface area contributed by atoms with Crippen LogP contribution in [0.15, 0.2) is 35.3 Å². The van der Waals surface area contributed by atoms with Crippen molar-refractivity contribution >= 4 is 40.7 Å². The Morgan fingerprint density at radius 2 is 2.00 bits per heavy atom. The lowest BCUT2D eigenvalue weighted by atomic mass is 10.0. The van der Waals surface area contributed by atoms with E-state index in [2.05, 4.69) is 32.7 Å². The number of rotatable bonds is 4. The number of piperazine rings is 1. The van der Waals surface area contributed by atoms with E-state index < -0.39 is 0 Å². The molecule has 1 N–H and O–H groups in total. The van der Waals surface area contributed by atoms with Gasteiger partial charge < -0.3 is 5.32 Å². The molecule has 0 aliphatic carbocycles. The molecule has 6 heteroatoms. The van der Waals surface area contributed by atoms with Crippen molar-refractivity contribution in [2.75, 3.05) is 26.2 Å². The number of nitrogens with one attached hydrogen (secondary N) is 1. The molecule has 0 spiro atoms. The molecule has 1 aliphatic heterocycles. The summed E-state index contributed by atoms with van der Waals surface area (Å²) in [5.74, 6) is -0.144. The molecule has 0 bridgehead atoms. The van der Waals surface area contributed by atoms with Crippen LogP contribution in [0.1, 0.15) is 18.0 Å². The molecular formula is C14H20BrCl2FN2. The molecule has 2 nitrogen and oxygen atoms in total. The second-order valence-corrected chi connectivity index (χ2v) is 5.32. The molecule has 1 aromatic carbocycles. The van der Waals surface area contributed by atoms with Gasteiger partial charge in [-0.2, -0.15) is 0 Å². The van der Waals surface area contributed by atoms with Gasteiger partial charge in [-0.25, -0.2) is 4.39 Å². The van der Waals surface area contributed by atoms with Gasteiger partial charge in [0, 0.05) is 42.3 Å². The van der Waals surface area contributed by atoms with E-state index >= 15 is 0 Å². The van der Waals surface area contributed by atoms with Gasteiger partial charge in [0.2, 0.25) is 0 Å². The van der Waals surface area contributed by atoms with Gasteiger partial charge in [0.1, 0.15) is 5.82 Å². The molecule has 1 heterocycles. The second kappa shape index (κ2) is 9.74. The van der Waals surface area contributed by atoms with E-state index in [4.69, 9.17) is 0 Å². The predicted molar refractivity (Wildman–Crippen MR) is 90.6 cm³/mol. The fraction of sp³-hybridized carbons (Fsp3) is 0.429. The van der Waals surface area contributed by atoms with Crippen LogP contribution in [0.4, 0.5) is 4.39 Å². The normalized spacial score (nSPS) is 16.7. The zero-order valence-electron chi connectivity index (χ0n) is 11.1. The van der Waals surface area contributed by atoms with E-state index in [-0.39, 0.29) is 36.7 Å². The Labute approximate surface area is 140 Å². The lowest BCUT2D eigenvalue weighted by molar-refractivity contribution is 0.171. The summed E-state index contributed by atoms with van der Waals surface area (Å²) >= 11 is 3.47. The minimum absolute atomic E-state index is 0. The zero-order valence-corrected chi connectivity index (χ0v) is 14.4. The quantitative estimate of drug-likeness (QED) is 0.789. The molecular weight excluding hydrogens is 366 g/mol. The minimum atomic E-state index is -0.144. The lowest BCUT2D eigenvalue weighted by Gasteiger charge is -2.35. The van der Waals surface area contributed by atoms with E-state index in [1.165, 1.54) is 6.07 Å². The number of nitrogens with zero attached hydrogens (tertiary/aromatic N) is 1. The van der Waals surface area contributed by atoms with Gasteiger partial charge in [-0.1, -0.05) is 28.1 Å². The monoisotopic (exact) mass is 384 g/mol. The van der Waals surface area contributed by atoms with Gasteiger partial charge in [0.25, 0.3) is 0 Å². The number of halogens is 4. The smallest absolute Gasteiger partial charge is 0.129 e. The lowest BCUT2D eigenvalue weighted by Crippen LogP contribution is -2.45. The summed E-state index contributed by atoms with van der Waals surface area (Å²) < 4.78 is 14.9. The highest BCUT2D eigenvalue weighted by Crippen LogP contribution is 2.33. The Morgan fingerprint density at radius 3 is 2.55 bits per heavy atom. The first-order chi connectivity index (χ1) is 8.74. The van der Waals surface area contributed by atoms with Crippen molar-refractivity contribution in [2.45, 2.75) is 12.5 Å². The first kappa shape index (κ1) is 19.9. The molecule has 0 radical (unpaired) electrons. The van der Waals surface area contributed by atoms with Crippen LogP contribution in [-0.4, -0.2) is 31.1 Å². The number of hydrogen-bond donors (Lipinski definition) is 1. The SMILES string of the molecule is C=CC[C@@H](c1c(F)cccc1Br)N1CCNCC1.Cl.Cl. The average molecular weight is 386 g/mol. The van der Waals surface area contributed by atoms with Gasteiger partial charge in [-0.05, 0) is 18.6 Å². The predicted octanol–water partition coefficient (Wildman–Crippen LogP) is 3.95. The number of benzene rings is 1. The van der Waals surface area contributed by atoms with Crippen molar-refractivity contribution in [1.82, 2.24) is 10.2 Å². The van der Waals surface area contributed by atoms with E-state index in [0.717, 1.165) is 42.6 Å². The Hall–Kier alpha value is -0.130. The summed E-state index contributed by atoms with van der Waals surface area (Å²) in [6.45, 7) is 7.60. The Balaban J connectivity index is 0.00000180. The summed E-state index contributed by atoms with van der Waals surface area (Å²) in [5.41, 5.74) is 0.749. The van der Waals surface area contributed by atoms with Gasteiger partial charge >= 0.3 is 0 Å². The third kappa shape index (κ3) is 4.71. The van der Waals surface area contributed by atoms with Crippen LogP contribution in [0.5, 0.6) is 0 Å². The maximum Gasteiger partial charge on any atom is 0.129 e. The molecule has 1 aromatic rings. The van der Waals surface area contributed by atoms with Crippen molar-refractivity contribution in [2.24, 2.45) is 0 Å². The minimum Gasteiger partial charge on any atom is -0.314 e. The van der Waals surface area contributed by atoms with E-state index in [1.54, 1.807) is 6.07 Å². The molecule has 2 rings (SSSR count). The Kier molecular flexibility index (Phi) is 9.68. The van der Waals surface area contributed by atoms with Crippen LogP contribution in [0.3, 0.4) is 0 Å². The van der Waals surface area contributed by atoms with E-state index in [0.29, 0.717) is 0 Å². The van der Waals surface area contributed by atoms with Gasteiger partial charge in [-0.3, -0.25) is 4.90 Å². The molecule has 1 atom stereocenters. The highest BCUT2D eigenvalue weighted by Gasteiger charge is 2.25. The van der Waals surface area contributed by atoms with Crippen LogP contribution in [0, 0.1) is 5.82 Å². The Bertz CT molecular complexity index is 405. The van der Waals surface area contributed by atoms with Crippen molar-refractivity contribution < 1.29 is 4.39 Å². The van der Waals surface area contributed by atoms with Crippen molar-refractivity contribution in [3.8, 4) is 0 Å². The summed E-state index contributed by atoms with van der Waals surface area (Å²) in [7, 11) is 0. The molecule has 1 fully saturated rings. The molecule has 0 aromatic heterocycles. The fourth-order valence-corrected chi connectivity index (χ4v) is 3.04. The topological polar surface area (TPSA) is 15.3 Å². The van der Waals surface area contributed by atoms with Crippen LogP contribution in [0.2, 0.25) is 0 Å². The molecule has 1 aliphatic rings. The molecule has 20 heavy (non-hydrogen) atoms. The maximum atomic E-state index is 14.1. The summed E-state index contributed by atoms with van der Waals surface area (Å²) in [4.78, 5) is 2.32. The second-order valence-electron chi connectivity index (χ2n) is 4.46. The third-order valence-electron chi connectivity index (χ3n) is 3.32. The first-order valence-corrected chi connectivity index (χ1v) is 7.03. The van der Waals surface area contributed by atoms with Gasteiger partial charge in [0.05, 0.1) is 0 Å². The average Bonchev–Trinajstić information content (AvgIpc) is 2.38. The van der Waals surface area contributed by atoms with E-state index in [1.807, 2.05) is 12.1 Å². The van der Waals surface area contributed by atoms with Gasteiger partial charge in [-0.15, -0.1) is 31.4 Å². The largest absolute Gasteiger partial charge is 0.314 e. The van der Waals surface area contributed by atoms with Crippen LogP contribution in [-0.2, 0) is 0 Å². The van der Waals surface area contributed by atoms with Crippen molar-refractivity contribution in [3.63, 3.8) is 0 Å². The van der Waals surface area contributed by atoms with Crippen LogP contribution in [0.25, 0.3) is 0 Å². The summed E-state index contributed by atoms with van der Waals surface area (Å²) in [5, 5.41) is 3.32. The molecule has 0 unspecified atom stereocenters. The van der Waals surface area contributed by atoms with Gasteiger partial charge in [0.15, 0.2) is 0 Å².